The zero-order valence-corrected chi connectivity index (χ0v) is 14.8. The highest BCUT2D eigenvalue weighted by Crippen LogP contribution is 2.10. The fourth-order valence-corrected chi connectivity index (χ4v) is 2.74. The normalized spacial score (nSPS) is 15.2. The van der Waals surface area contributed by atoms with Gasteiger partial charge < -0.3 is 15.0 Å². The van der Waals surface area contributed by atoms with E-state index in [4.69, 9.17) is 4.74 Å². The van der Waals surface area contributed by atoms with Crippen molar-refractivity contribution in [2.24, 2.45) is 0 Å². The van der Waals surface area contributed by atoms with Gasteiger partial charge in [0.2, 0.25) is 0 Å². The van der Waals surface area contributed by atoms with Gasteiger partial charge in [-0.1, -0.05) is 13.8 Å². The van der Waals surface area contributed by atoms with Crippen molar-refractivity contribution in [1.82, 2.24) is 20.4 Å². The molecule has 0 unspecified atom stereocenters. The molecule has 0 radical (unpaired) electrons. The molecule has 1 amide bonds. The van der Waals surface area contributed by atoms with E-state index in [9.17, 15) is 4.79 Å². The molecule has 24 heavy (non-hydrogen) atoms. The van der Waals surface area contributed by atoms with Gasteiger partial charge >= 0.3 is 0 Å². The zero-order valence-electron chi connectivity index (χ0n) is 14.8. The molecule has 1 aromatic heterocycles. The van der Waals surface area contributed by atoms with Crippen molar-refractivity contribution < 1.29 is 9.53 Å². The van der Waals surface area contributed by atoms with Crippen LogP contribution in [-0.2, 0) is 4.74 Å². The van der Waals surface area contributed by atoms with Gasteiger partial charge in [-0.25, -0.2) is 0 Å². The van der Waals surface area contributed by atoms with Crippen LogP contribution in [0.25, 0.3) is 0 Å². The Kier molecular flexibility index (Phi) is 7.91. The molecule has 0 aromatic carbocycles. The number of anilines is 1. The molecular weight excluding hydrogens is 306 g/mol. The van der Waals surface area contributed by atoms with E-state index in [0.717, 1.165) is 64.6 Å². The Labute approximate surface area is 144 Å². The number of carbonyl (C=O) groups is 1. The third kappa shape index (κ3) is 5.72. The summed E-state index contributed by atoms with van der Waals surface area (Å²) in [6, 6.07) is 3.64. The van der Waals surface area contributed by atoms with Crippen LogP contribution in [0.3, 0.4) is 0 Å². The summed E-state index contributed by atoms with van der Waals surface area (Å²) in [4.78, 5) is 16.6. The molecule has 1 N–H and O–H groups in total. The summed E-state index contributed by atoms with van der Waals surface area (Å²) in [5, 5.41) is 11.2. The summed E-state index contributed by atoms with van der Waals surface area (Å²) in [7, 11) is 0. The first-order valence-corrected chi connectivity index (χ1v) is 8.91. The highest BCUT2D eigenvalue weighted by atomic mass is 16.5. The average molecular weight is 335 g/mol. The largest absolute Gasteiger partial charge is 0.379 e. The van der Waals surface area contributed by atoms with Crippen LogP contribution in [0.15, 0.2) is 12.1 Å². The van der Waals surface area contributed by atoms with E-state index in [-0.39, 0.29) is 5.91 Å². The zero-order chi connectivity index (χ0) is 17.2. The summed E-state index contributed by atoms with van der Waals surface area (Å²) >= 11 is 0. The Morgan fingerprint density at radius 3 is 2.50 bits per heavy atom. The minimum Gasteiger partial charge on any atom is -0.379 e. The average Bonchev–Trinajstić information content (AvgIpc) is 2.62. The van der Waals surface area contributed by atoms with Gasteiger partial charge in [0.1, 0.15) is 0 Å². The van der Waals surface area contributed by atoms with Crippen LogP contribution in [0.1, 0.15) is 37.2 Å². The maximum Gasteiger partial charge on any atom is 0.271 e. The fraction of sp³-hybridized carbons (Fsp3) is 0.706. The predicted octanol–water partition coefficient (Wildman–Crippen LogP) is 1.17. The number of hydrogen-bond donors (Lipinski definition) is 1. The molecule has 1 fully saturated rings. The van der Waals surface area contributed by atoms with Gasteiger partial charge in [0.05, 0.1) is 13.2 Å². The monoisotopic (exact) mass is 335 g/mol. The number of rotatable bonds is 9. The lowest BCUT2D eigenvalue weighted by Crippen LogP contribution is -2.41. The van der Waals surface area contributed by atoms with Crippen LogP contribution in [0.5, 0.6) is 0 Å². The van der Waals surface area contributed by atoms with Gasteiger partial charge in [0, 0.05) is 39.3 Å². The van der Waals surface area contributed by atoms with Gasteiger partial charge in [0.25, 0.3) is 5.91 Å². The van der Waals surface area contributed by atoms with Crippen molar-refractivity contribution in [3.63, 3.8) is 0 Å². The molecule has 1 aliphatic heterocycles. The van der Waals surface area contributed by atoms with Gasteiger partial charge in [-0.2, -0.15) is 0 Å². The topological polar surface area (TPSA) is 70.6 Å². The number of nitrogens with zero attached hydrogens (tertiary/aromatic N) is 4. The van der Waals surface area contributed by atoms with E-state index in [2.05, 4.69) is 39.2 Å². The molecule has 0 saturated carbocycles. The summed E-state index contributed by atoms with van der Waals surface area (Å²) in [5.41, 5.74) is 0.369. The number of aromatic nitrogens is 2. The second-order valence-corrected chi connectivity index (χ2v) is 5.97. The first-order valence-electron chi connectivity index (χ1n) is 8.91. The van der Waals surface area contributed by atoms with Gasteiger partial charge in [0.15, 0.2) is 11.5 Å². The highest BCUT2D eigenvalue weighted by molar-refractivity contribution is 5.92. The van der Waals surface area contributed by atoms with E-state index in [1.807, 2.05) is 6.07 Å². The molecule has 2 rings (SSSR count). The van der Waals surface area contributed by atoms with Crippen molar-refractivity contribution in [2.75, 3.05) is 57.4 Å². The Bertz CT molecular complexity index is 482. The Morgan fingerprint density at radius 1 is 1.21 bits per heavy atom. The third-order valence-corrected chi connectivity index (χ3v) is 4.01. The standard InChI is InChI=1S/C17H29N5O2/c1-3-8-22(9-4-2)16-6-5-15(19-20-16)17(23)18-7-10-21-11-13-24-14-12-21/h5-6H,3-4,7-14H2,1-2H3,(H,18,23). The second kappa shape index (κ2) is 10.2. The van der Waals surface area contributed by atoms with Crippen molar-refractivity contribution in [2.45, 2.75) is 26.7 Å². The number of nitrogens with one attached hydrogen (secondary N) is 1. The van der Waals surface area contributed by atoms with Gasteiger partial charge in [-0.3, -0.25) is 9.69 Å². The molecule has 1 aromatic rings. The summed E-state index contributed by atoms with van der Waals surface area (Å²) < 4.78 is 5.31. The van der Waals surface area contributed by atoms with Gasteiger partial charge in [-0.15, -0.1) is 10.2 Å². The first-order chi connectivity index (χ1) is 11.7. The second-order valence-electron chi connectivity index (χ2n) is 5.97. The molecule has 0 atom stereocenters. The molecule has 7 heteroatoms. The van der Waals surface area contributed by atoms with E-state index in [0.29, 0.717) is 12.2 Å². The van der Waals surface area contributed by atoms with Crippen LogP contribution in [0.4, 0.5) is 5.82 Å². The molecule has 0 spiro atoms. The van der Waals surface area contributed by atoms with Crippen LogP contribution in [0, 0.1) is 0 Å². The Balaban J connectivity index is 1.81. The van der Waals surface area contributed by atoms with Crippen molar-refractivity contribution in [3.8, 4) is 0 Å². The molecule has 7 nitrogen and oxygen atoms in total. The number of amides is 1. The molecule has 0 bridgehead atoms. The lowest BCUT2D eigenvalue weighted by Gasteiger charge is -2.26. The minimum atomic E-state index is -0.167. The van der Waals surface area contributed by atoms with Gasteiger partial charge in [-0.05, 0) is 25.0 Å². The minimum absolute atomic E-state index is 0.167. The maximum atomic E-state index is 12.1. The molecule has 1 aliphatic rings. The summed E-state index contributed by atoms with van der Waals surface area (Å²) in [6.07, 6.45) is 2.12. The quantitative estimate of drug-likeness (QED) is 0.730. The fourth-order valence-electron chi connectivity index (χ4n) is 2.74. The number of hydrogen-bond acceptors (Lipinski definition) is 6. The van der Waals surface area contributed by atoms with Crippen LogP contribution in [-0.4, -0.2) is 73.5 Å². The first kappa shape index (κ1) is 18.6. The van der Waals surface area contributed by atoms with Crippen molar-refractivity contribution in [3.05, 3.63) is 17.8 Å². The van der Waals surface area contributed by atoms with E-state index >= 15 is 0 Å². The summed E-state index contributed by atoms with van der Waals surface area (Å²) in [6.45, 7) is 11.0. The lowest BCUT2D eigenvalue weighted by atomic mass is 10.3. The van der Waals surface area contributed by atoms with Crippen molar-refractivity contribution >= 4 is 11.7 Å². The Morgan fingerprint density at radius 2 is 1.92 bits per heavy atom. The predicted molar refractivity (Wildman–Crippen MR) is 94.4 cm³/mol. The number of morpholine rings is 1. The van der Waals surface area contributed by atoms with Crippen molar-refractivity contribution in [1.29, 1.82) is 0 Å². The van der Waals surface area contributed by atoms with Crippen LogP contribution in [0.2, 0.25) is 0 Å². The van der Waals surface area contributed by atoms with E-state index in [1.165, 1.54) is 0 Å². The number of ether oxygens (including phenoxy) is 1. The lowest BCUT2D eigenvalue weighted by molar-refractivity contribution is 0.0383. The van der Waals surface area contributed by atoms with E-state index < -0.39 is 0 Å². The molecule has 134 valence electrons. The molecule has 2 heterocycles. The highest BCUT2D eigenvalue weighted by Gasteiger charge is 2.13. The maximum absolute atomic E-state index is 12.1. The molecule has 1 saturated heterocycles. The van der Waals surface area contributed by atoms with Crippen LogP contribution >= 0.6 is 0 Å². The SMILES string of the molecule is CCCN(CCC)c1ccc(C(=O)NCCN2CCOCC2)nn1. The Hall–Kier alpha value is -1.73. The molecular formula is C17H29N5O2. The summed E-state index contributed by atoms with van der Waals surface area (Å²) in [5.74, 6) is 0.670. The van der Waals surface area contributed by atoms with E-state index in [1.54, 1.807) is 6.07 Å². The molecule has 0 aliphatic carbocycles. The number of carbonyl (C=O) groups excluding carboxylic acids is 1. The van der Waals surface area contributed by atoms with Crippen LogP contribution < -0.4 is 10.2 Å². The smallest absolute Gasteiger partial charge is 0.271 e. The third-order valence-electron chi connectivity index (χ3n) is 4.01.